The SMILES string of the molecule is CN1C=Nc2cc(-c3cnn(C)c3)nc(N[C@@H]3CCOC3)c2C1. The number of hydrogen-bond donors (Lipinski definition) is 1. The zero-order valence-corrected chi connectivity index (χ0v) is 13.4. The van der Waals surface area contributed by atoms with Gasteiger partial charge >= 0.3 is 0 Å². The number of anilines is 1. The summed E-state index contributed by atoms with van der Waals surface area (Å²) in [6.45, 7) is 2.34. The van der Waals surface area contributed by atoms with Crippen molar-refractivity contribution in [1.82, 2.24) is 19.7 Å². The molecule has 0 unspecified atom stereocenters. The predicted molar refractivity (Wildman–Crippen MR) is 88.9 cm³/mol. The summed E-state index contributed by atoms with van der Waals surface area (Å²) < 4.78 is 7.25. The predicted octanol–water partition coefficient (Wildman–Crippen LogP) is 1.79. The molecule has 0 radical (unpaired) electrons. The van der Waals surface area contributed by atoms with Crippen molar-refractivity contribution in [3.8, 4) is 11.3 Å². The Balaban J connectivity index is 1.76. The van der Waals surface area contributed by atoms with E-state index in [0.717, 1.165) is 54.5 Å². The van der Waals surface area contributed by atoms with Gasteiger partial charge in [0.2, 0.25) is 0 Å². The number of aliphatic imine (C=N–C) groups is 1. The molecule has 23 heavy (non-hydrogen) atoms. The van der Waals surface area contributed by atoms with Crippen LogP contribution in [0.2, 0.25) is 0 Å². The number of rotatable bonds is 3. The molecule has 1 atom stereocenters. The number of nitrogens with one attached hydrogen (secondary N) is 1. The van der Waals surface area contributed by atoms with E-state index in [-0.39, 0.29) is 0 Å². The van der Waals surface area contributed by atoms with Gasteiger partial charge in [-0.25, -0.2) is 9.98 Å². The third-order valence-corrected chi connectivity index (χ3v) is 4.17. The quantitative estimate of drug-likeness (QED) is 0.936. The van der Waals surface area contributed by atoms with Gasteiger partial charge in [0.15, 0.2) is 0 Å². The fourth-order valence-electron chi connectivity index (χ4n) is 2.94. The molecule has 0 spiro atoms. The van der Waals surface area contributed by atoms with Crippen LogP contribution in [-0.2, 0) is 18.3 Å². The number of fused-ring (bicyclic) bond motifs is 1. The lowest BCUT2D eigenvalue weighted by atomic mass is 10.1. The molecular weight excluding hydrogens is 292 g/mol. The van der Waals surface area contributed by atoms with Crippen molar-refractivity contribution < 1.29 is 4.74 Å². The normalized spacial score (nSPS) is 19.9. The summed E-state index contributed by atoms with van der Waals surface area (Å²) in [5.41, 5.74) is 3.99. The first-order chi connectivity index (χ1) is 11.2. The van der Waals surface area contributed by atoms with Crippen LogP contribution < -0.4 is 5.32 Å². The molecule has 1 N–H and O–H groups in total. The van der Waals surface area contributed by atoms with Crippen LogP contribution in [0.15, 0.2) is 23.5 Å². The summed E-state index contributed by atoms with van der Waals surface area (Å²) in [6, 6.07) is 2.35. The van der Waals surface area contributed by atoms with Gasteiger partial charge in [-0.1, -0.05) is 0 Å². The summed E-state index contributed by atoms with van der Waals surface area (Å²) in [4.78, 5) is 11.5. The lowest BCUT2D eigenvalue weighted by Crippen LogP contribution is -2.24. The molecular formula is C16H20N6O. The average molecular weight is 312 g/mol. The molecule has 1 saturated heterocycles. The van der Waals surface area contributed by atoms with Gasteiger partial charge in [0.25, 0.3) is 0 Å². The van der Waals surface area contributed by atoms with Gasteiger partial charge in [-0.2, -0.15) is 5.10 Å². The fraction of sp³-hybridized carbons (Fsp3) is 0.438. The van der Waals surface area contributed by atoms with Crippen molar-refractivity contribution in [3.05, 3.63) is 24.0 Å². The molecule has 0 aliphatic carbocycles. The number of aryl methyl sites for hydroxylation is 1. The van der Waals surface area contributed by atoms with Crippen molar-refractivity contribution in [2.75, 3.05) is 25.6 Å². The molecule has 2 aromatic rings. The van der Waals surface area contributed by atoms with Crippen LogP contribution in [0.1, 0.15) is 12.0 Å². The Morgan fingerprint density at radius 3 is 3.00 bits per heavy atom. The Hall–Kier alpha value is -2.41. The molecule has 2 aromatic heterocycles. The summed E-state index contributed by atoms with van der Waals surface area (Å²) >= 11 is 0. The molecule has 0 amide bonds. The van der Waals surface area contributed by atoms with Gasteiger partial charge < -0.3 is 15.0 Å². The molecule has 120 valence electrons. The van der Waals surface area contributed by atoms with Gasteiger partial charge in [-0.05, 0) is 12.5 Å². The van der Waals surface area contributed by atoms with Crippen LogP contribution in [0.3, 0.4) is 0 Å². The Morgan fingerprint density at radius 1 is 1.35 bits per heavy atom. The Kier molecular flexibility index (Phi) is 3.49. The molecule has 2 aliphatic heterocycles. The molecule has 0 bridgehead atoms. The fourth-order valence-corrected chi connectivity index (χ4v) is 2.94. The highest BCUT2D eigenvalue weighted by Gasteiger charge is 2.22. The lowest BCUT2D eigenvalue weighted by Gasteiger charge is -2.24. The topological polar surface area (TPSA) is 67.6 Å². The maximum absolute atomic E-state index is 5.47. The minimum absolute atomic E-state index is 0.312. The Labute approximate surface area is 135 Å². The molecule has 4 rings (SSSR count). The first-order valence-corrected chi connectivity index (χ1v) is 7.81. The van der Waals surface area contributed by atoms with Crippen molar-refractivity contribution in [1.29, 1.82) is 0 Å². The highest BCUT2D eigenvalue weighted by atomic mass is 16.5. The maximum Gasteiger partial charge on any atom is 0.134 e. The first kappa shape index (κ1) is 14.2. The van der Waals surface area contributed by atoms with Crippen LogP contribution in [0.5, 0.6) is 0 Å². The number of pyridine rings is 1. The number of nitrogens with zero attached hydrogens (tertiary/aromatic N) is 5. The van der Waals surface area contributed by atoms with Crippen molar-refractivity contribution in [2.24, 2.45) is 12.0 Å². The molecule has 1 fully saturated rings. The van der Waals surface area contributed by atoms with E-state index in [1.807, 2.05) is 38.9 Å². The van der Waals surface area contributed by atoms with Gasteiger partial charge in [-0.15, -0.1) is 0 Å². The zero-order valence-electron chi connectivity index (χ0n) is 13.4. The van der Waals surface area contributed by atoms with Gasteiger partial charge in [0.1, 0.15) is 5.82 Å². The standard InChI is InChI=1S/C16H20N6O/c1-21-8-13-15(17-10-21)5-14(11-6-18-22(2)7-11)20-16(13)19-12-3-4-23-9-12/h5-7,10,12H,3-4,8-9H2,1-2H3,(H,19,20)/t12-/m1/s1. The molecule has 2 aliphatic rings. The monoisotopic (exact) mass is 312 g/mol. The average Bonchev–Trinajstić information content (AvgIpc) is 3.19. The Morgan fingerprint density at radius 2 is 2.26 bits per heavy atom. The van der Waals surface area contributed by atoms with E-state index >= 15 is 0 Å². The van der Waals surface area contributed by atoms with E-state index in [1.54, 1.807) is 4.68 Å². The van der Waals surface area contributed by atoms with Crippen LogP contribution in [0.25, 0.3) is 11.3 Å². The molecule has 4 heterocycles. The minimum atomic E-state index is 0.312. The number of ether oxygens (including phenoxy) is 1. The molecule has 0 saturated carbocycles. The van der Waals surface area contributed by atoms with E-state index in [2.05, 4.69) is 20.3 Å². The van der Waals surface area contributed by atoms with Crippen LogP contribution >= 0.6 is 0 Å². The highest BCUT2D eigenvalue weighted by molar-refractivity contribution is 5.75. The number of hydrogen-bond acceptors (Lipinski definition) is 6. The molecule has 0 aromatic carbocycles. The van der Waals surface area contributed by atoms with Crippen LogP contribution in [-0.4, -0.2) is 52.3 Å². The van der Waals surface area contributed by atoms with E-state index < -0.39 is 0 Å². The first-order valence-electron chi connectivity index (χ1n) is 7.81. The van der Waals surface area contributed by atoms with Crippen molar-refractivity contribution in [3.63, 3.8) is 0 Å². The van der Waals surface area contributed by atoms with E-state index in [1.165, 1.54) is 0 Å². The van der Waals surface area contributed by atoms with Gasteiger partial charge in [-0.3, -0.25) is 4.68 Å². The van der Waals surface area contributed by atoms with Crippen LogP contribution in [0.4, 0.5) is 11.5 Å². The van der Waals surface area contributed by atoms with Crippen LogP contribution in [0, 0.1) is 0 Å². The second-order valence-corrected chi connectivity index (χ2v) is 6.12. The van der Waals surface area contributed by atoms with Gasteiger partial charge in [0, 0.05) is 44.6 Å². The lowest BCUT2D eigenvalue weighted by molar-refractivity contribution is 0.195. The second kappa shape index (κ2) is 5.66. The largest absolute Gasteiger partial charge is 0.379 e. The molecule has 7 nitrogen and oxygen atoms in total. The number of aromatic nitrogens is 3. The zero-order chi connectivity index (χ0) is 15.8. The van der Waals surface area contributed by atoms with Crippen molar-refractivity contribution >= 4 is 17.8 Å². The summed E-state index contributed by atoms with van der Waals surface area (Å²) in [6.07, 6.45) is 6.66. The van der Waals surface area contributed by atoms with Crippen molar-refractivity contribution in [2.45, 2.75) is 19.0 Å². The van der Waals surface area contributed by atoms with Gasteiger partial charge in [0.05, 0.1) is 36.6 Å². The second-order valence-electron chi connectivity index (χ2n) is 6.12. The summed E-state index contributed by atoms with van der Waals surface area (Å²) in [5, 5.41) is 7.78. The van der Waals surface area contributed by atoms with E-state index in [0.29, 0.717) is 6.04 Å². The highest BCUT2D eigenvalue weighted by Crippen LogP contribution is 2.34. The minimum Gasteiger partial charge on any atom is -0.379 e. The molecule has 7 heteroatoms. The Bertz CT molecular complexity index is 747. The van der Waals surface area contributed by atoms with E-state index in [4.69, 9.17) is 9.72 Å². The maximum atomic E-state index is 5.47. The van der Waals surface area contributed by atoms with E-state index in [9.17, 15) is 0 Å². The third kappa shape index (κ3) is 2.79. The summed E-state index contributed by atoms with van der Waals surface area (Å²) in [5.74, 6) is 0.903. The smallest absolute Gasteiger partial charge is 0.134 e. The third-order valence-electron chi connectivity index (χ3n) is 4.17. The summed E-state index contributed by atoms with van der Waals surface area (Å²) in [7, 11) is 3.92.